The summed E-state index contributed by atoms with van der Waals surface area (Å²) >= 11 is 0. The van der Waals surface area contributed by atoms with Crippen molar-refractivity contribution < 1.29 is 19.4 Å². The molecule has 31 heavy (non-hydrogen) atoms. The number of phenols is 1. The zero-order valence-electron chi connectivity index (χ0n) is 18.1. The molecule has 0 bridgehead atoms. The summed E-state index contributed by atoms with van der Waals surface area (Å²) in [6.45, 7) is 3.14. The fraction of sp³-hybridized carbons (Fsp3) is 0.440. The second-order valence-corrected chi connectivity index (χ2v) is 8.95. The normalized spacial score (nSPS) is 28.4. The Morgan fingerprint density at radius 3 is 2.65 bits per heavy atom. The first-order valence-corrected chi connectivity index (χ1v) is 10.9. The van der Waals surface area contributed by atoms with E-state index in [2.05, 4.69) is 17.3 Å². The molecule has 2 aliphatic rings. The molecule has 0 aromatic heterocycles. The number of likely N-dealkylation sites (tertiary alicyclic amines) is 1. The van der Waals surface area contributed by atoms with E-state index >= 15 is 0 Å². The van der Waals surface area contributed by atoms with Crippen LogP contribution in [0.5, 0.6) is 5.75 Å². The predicted molar refractivity (Wildman–Crippen MR) is 118 cm³/mol. The highest BCUT2D eigenvalue weighted by Crippen LogP contribution is 2.50. The van der Waals surface area contributed by atoms with Gasteiger partial charge in [0.1, 0.15) is 11.9 Å². The summed E-state index contributed by atoms with van der Waals surface area (Å²) < 4.78 is 5.82. The van der Waals surface area contributed by atoms with Gasteiger partial charge in [0.2, 0.25) is 0 Å². The minimum absolute atomic E-state index is 0.0850. The summed E-state index contributed by atoms with van der Waals surface area (Å²) in [7, 11) is 2.08. The maximum atomic E-state index is 12.9. The molecule has 2 aromatic rings. The molecule has 164 valence electrons. The highest BCUT2D eigenvalue weighted by Gasteiger charge is 2.53. The fourth-order valence-electron chi connectivity index (χ4n) is 5.48. The van der Waals surface area contributed by atoms with Crippen LogP contribution in [0, 0.1) is 5.92 Å². The van der Waals surface area contributed by atoms with E-state index < -0.39 is 0 Å². The van der Waals surface area contributed by atoms with Crippen molar-refractivity contribution in [1.82, 2.24) is 10.2 Å². The highest BCUT2D eigenvalue weighted by atomic mass is 16.5. The highest BCUT2D eigenvalue weighted by molar-refractivity contribution is 5.94. The van der Waals surface area contributed by atoms with Crippen molar-refractivity contribution in [3.05, 3.63) is 65.7 Å². The van der Waals surface area contributed by atoms with Gasteiger partial charge >= 0.3 is 5.97 Å². The SMILES string of the molecule is CC(=O)OC1C[C@H](NC(=O)c2ccccc2)CC2(c3cccc(O)c3)CCN(C)CC12. The van der Waals surface area contributed by atoms with E-state index in [0.29, 0.717) is 12.0 Å². The zero-order valence-corrected chi connectivity index (χ0v) is 18.1. The molecule has 1 amide bonds. The number of nitrogens with zero attached hydrogens (tertiary/aromatic N) is 1. The van der Waals surface area contributed by atoms with Gasteiger partial charge in [-0.2, -0.15) is 0 Å². The zero-order chi connectivity index (χ0) is 22.0. The Bertz CT molecular complexity index is 948. The number of piperidine rings is 1. The molecule has 1 aliphatic carbocycles. The summed E-state index contributed by atoms with van der Waals surface area (Å²) in [5.74, 6) is -0.117. The van der Waals surface area contributed by atoms with Crippen LogP contribution >= 0.6 is 0 Å². The van der Waals surface area contributed by atoms with Gasteiger partial charge in [-0.1, -0.05) is 30.3 Å². The van der Waals surface area contributed by atoms with Crippen molar-refractivity contribution in [2.24, 2.45) is 5.92 Å². The van der Waals surface area contributed by atoms with Crippen LogP contribution < -0.4 is 5.32 Å². The van der Waals surface area contributed by atoms with Crippen molar-refractivity contribution in [3.8, 4) is 5.75 Å². The molecule has 3 unspecified atom stereocenters. The molecule has 1 heterocycles. The first-order valence-electron chi connectivity index (χ1n) is 10.9. The van der Waals surface area contributed by atoms with Gasteiger partial charge in [0.05, 0.1) is 0 Å². The van der Waals surface area contributed by atoms with Gasteiger partial charge in [-0.3, -0.25) is 9.59 Å². The summed E-state index contributed by atoms with van der Waals surface area (Å²) in [5, 5.41) is 13.4. The number of aromatic hydroxyl groups is 1. The molecule has 2 N–H and O–H groups in total. The summed E-state index contributed by atoms with van der Waals surface area (Å²) in [5.41, 5.74) is 1.36. The number of nitrogens with one attached hydrogen (secondary N) is 1. The lowest BCUT2D eigenvalue weighted by Crippen LogP contribution is -2.61. The Hall–Kier alpha value is -2.86. The van der Waals surface area contributed by atoms with Gasteiger partial charge in [-0.05, 0) is 56.3 Å². The number of carbonyl (C=O) groups excluding carboxylic acids is 2. The van der Waals surface area contributed by atoms with Gasteiger partial charge in [0, 0.05) is 42.8 Å². The molecule has 1 aliphatic heterocycles. The third kappa shape index (κ3) is 4.44. The lowest BCUT2D eigenvalue weighted by Gasteiger charge is -2.55. The van der Waals surface area contributed by atoms with E-state index in [4.69, 9.17) is 4.74 Å². The van der Waals surface area contributed by atoms with Crippen molar-refractivity contribution >= 4 is 11.9 Å². The molecule has 0 spiro atoms. The number of ether oxygens (including phenoxy) is 1. The van der Waals surface area contributed by atoms with Crippen LogP contribution in [0.2, 0.25) is 0 Å². The predicted octanol–water partition coefficient (Wildman–Crippen LogP) is 3.11. The number of amides is 1. The molecule has 2 aromatic carbocycles. The van der Waals surface area contributed by atoms with Crippen LogP contribution in [0.4, 0.5) is 0 Å². The van der Waals surface area contributed by atoms with Crippen LogP contribution in [0.1, 0.15) is 42.1 Å². The minimum Gasteiger partial charge on any atom is -0.508 e. The summed E-state index contributed by atoms with van der Waals surface area (Å²) in [6, 6.07) is 16.4. The number of hydrogen-bond acceptors (Lipinski definition) is 5. The molecule has 6 heteroatoms. The van der Waals surface area contributed by atoms with Crippen molar-refractivity contribution in [2.75, 3.05) is 20.1 Å². The standard InChI is InChI=1S/C25H30N2O4/c1-17(28)31-23-14-20(26-24(30)18-7-4-3-5-8-18)15-25(11-12-27(2)16-22(23)25)19-9-6-10-21(29)13-19/h3-10,13,20,22-23,29H,11-12,14-16H2,1-2H3,(H,26,30)/t20-,22?,23?,25?/m0/s1. The fourth-order valence-corrected chi connectivity index (χ4v) is 5.48. The Balaban J connectivity index is 1.69. The van der Waals surface area contributed by atoms with Crippen LogP contribution in [0.25, 0.3) is 0 Å². The van der Waals surface area contributed by atoms with Gasteiger partial charge in [-0.15, -0.1) is 0 Å². The van der Waals surface area contributed by atoms with E-state index in [1.54, 1.807) is 18.2 Å². The monoisotopic (exact) mass is 422 g/mol. The number of phenolic OH excluding ortho intramolecular Hbond substituents is 1. The minimum atomic E-state index is -0.308. The van der Waals surface area contributed by atoms with Gasteiger partial charge < -0.3 is 20.1 Å². The van der Waals surface area contributed by atoms with E-state index in [9.17, 15) is 14.7 Å². The number of esters is 1. The molecule has 0 radical (unpaired) electrons. The first kappa shape index (κ1) is 21.4. The van der Waals surface area contributed by atoms with E-state index in [0.717, 1.165) is 31.5 Å². The van der Waals surface area contributed by atoms with Gasteiger partial charge in [0.15, 0.2) is 0 Å². The number of rotatable bonds is 4. The number of benzene rings is 2. The van der Waals surface area contributed by atoms with Gasteiger partial charge in [0.25, 0.3) is 5.91 Å². The topological polar surface area (TPSA) is 78.9 Å². The average molecular weight is 423 g/mol. The van der Waals surface area contributed by atoms with Crippen LogP contribution in [-0.2, 0) is 14.9 Å². The maximum absolute atomic E-state index is 12.9. The van der Waals surface area contributed by atoms with Gasteiger partial charge in [-0.25, -0.2) is 0 Å². The third-order valence-electron chi connectivity index (χ3n) is 6.84. The Kier molecular flexibility index (Phi) is 6.01. The number of hydrogen-bond donors (Lipinski definition) is 2. The molecule has 4 rings (SSSR count). The first-order chi connectivity index (χ1) is 14.9. The molecular weight excluding hydrogens is 392 g/mol. The largest absolute Gasteiger partial charge is 0.508 e. The second kappa shape index (κ2) is 8.71. The average Bonchev–Trinajstić information content (AvgIpc) is 2.74. The van der Waals surface area contributed by atoms with Crippen molar-refractivity contribution in [3.63, 3.8) is 0 Å². The third-order valence-corrected chi connectivity index (χ3v) is 6.84. The van der Waals surface area contributed by atoms with Crippen LogP contribution in [-0.4, -0.2) is 54.2 Å². The smallest absolute Gasteiger partial charge is 0.302 e. The molecule has 6 nitrogen and oxygen atoms in total. The molecule has 1 saturated heterocycles. The molecule has 4 atom stereocenters. The number of carbonyl (C=O) groups is 2. The van der Waals surface area contributed by atoms with E-state index in [1.165, 1.54) is 6.92 Å². The summed E-state index contributed by atoms with van der Waals surface area (Å²) in [4.78, 5) is 27.1. The van der Waals surface area contributed by atoms with Crippen molar-refractivity contribution in [1.29, 1.82) is 0 Å². The van der Waals surface area contributed by atoms with Crippen LogP contribution in [0.15, 0.2) is 54.6 Å². The Morgan fingerprint density at radius 1 is 1.16 bits per heavy atom. The Morgan fingerprint density at radius 2 is 1.94 bits per heavy atom. The second-order valence-electron chi connectivity index (χ2n) is 8.95. The lowest BCUT2D eigenvalue weighted by molar-refractivity contribution is -0.156. The van der Waals surface area contributed by atoms with Crippen LogP contribution in [0.3, 0.4) is 0 Å². The maximum Gasteiger partial charge on any atom is 0.302 e. The molecule has 2 fully saturated rings. The van der Waals surface area contributed by atoms with Crippen molar-refractivity contribution in [2.45, 2.75) is 43.7 Å². The lowest BCUT2D eigenvalue weighted by atomic mass is 9.57. The number of fused-ring (bicyclic) bond motifs is 1. The molecule has 1 saturated carbocycles. The quantitative estimate of drug-likeness (QED) is 0.741. The van der Waals surface area contributed by atoms with E-state index in [-0.39, 0.29) is 41.1 Å². The summed E-state index contributed by atoms with van der Waals surface area (Å²) in [6.07, 6.45) is 1.88. The molecular formula is C25H30N2O4. The van der Waals surface area contributed by atoms with E-state index in [1.807, 2.05) is 36.4 Å². The Labute approximate surface area is 183 Å².